The molecule has 1 atom stereocenters. The highest BCUT2D eigenvalue weighted by Crippen LogP contribution is 2.35. The summed E-state index contributed by atoms with van der Waals surface area (Å²) in [4.78, 5) is 2.27. The molecule has 20 heavy (non-hydrogen) atoms. The first-order valence-corrected chi connectivity index (χ1v) is 6.74. The lowest BCUT2D eigenvalue weighted by atomic mass is 10.3. The van der Waals surface area contributed by atoms with Crippen LogP contribution in [0.15, 0.2) is 18.2 Å². The van der Waals surface area contributed by atoms with Crippen molar-refractivity contribution in [1.82, 2.24) is 4.90 Å². The summed E-state index contributed by atoms with van der Waals surface area (Å²) in [5.41, 5.74) is 0. The van der Waals surface area contributed by atoms with Crippen molar-refractivity contribution < 1.29 is 31.7 Å². The number of nitrogens with zero attached hydrogens (tertiary/aromatic N) is 1. The number of benzene rings is 1. The second-order valence-electron chi connectivity index (χ2n) is 4.99. The van der Waals surface area contributed by atoms with E-state index in [2.05, 4.69) is 4.90 Å². The van der Waals surface area contributed by atoms with E-state index in [9.17, 15) is 5.11 Å². The fraction of sp³-hybridized carbons (Fsp3) is 0.571. The fourth-order valence-corrected chi connectivity index (χ4v) is 2.48. The monoisotopic (exact) mass is 300 g/mol. The molecular formula is C14H19ClNO4-. The van der Waals surface area contributed by atoms with E-state index in [-0.39, 0.29) is 19.2 Å². The number of ether oxygens (including phenoxy) is 3. The average Bonchev–Trinajstić information content (AvgIpc) is 3.06. The first kappa shape index (κ1) is 15.2. The van der Waals surface area contributed by atoms with Crippen LogP contribution in [0.25, 0.3) is 0 Å². The van der Waals surface area contributed by atoms with Crippen LogP contribution in [-0.4, -0.2) is 49.1 Å². The summed E-state index contributed by atoms with van der Waals surface area (Å²) >= 11 is 0. The zero-order valence-electron chi connectivity index (χ0n) is 11.3. The van der Waals surface area contributed by atoms with Crippen molar-refractivity contribution in [2.24, 2.45) is 0 Å². The highest BCUT2D eigenvalue weighted by atomic mass is 35.5. The van der Waals surface area contributed by atoms with Gasteiger partial charge < -0.3 is 36.6 Å². The maximum atomic E-state index is 9.94. The number of aliphatic hydroxyl groups excluding tert-OH is 1. The fourth-order valence-electron chi connectivity index (χ4n) is 2.48. The van der Waals surface area contributed by atoms with Crippen molar-refractivity contribution in [3.05, 3.63) is 18.2 Å². The van der Waals surface area contributed by atoms with E-state index in [1.807, 2.05) is 12.1 Å². The molecule has 1 aromatic rings. The van der Waals surface area contributed by atoms with Crippen molar-refractivity contribution in [1.29, 1.82) is 0 Å². The predicted molar refractivity (Wildman–Crippen MR) is 69.7 cm³/mol. The van der Waals surface area contributed by atoms with Crippen LogP contribution in [0.1, 0.15) is 12.8 Å². The van der Waals surface area contributed by atoms with Gasteiger partial charge >= 0.3 is 0 Å². The topological polar surface area (TPSA) is 51.2 Å². The molecule has 0 aliphatic carbocycles. The van der Waals surface area contributed by atoms with Crippen LogP contribution in [0.3, 0.4) is 0 Å². The van der Waals surface area contributed by atoms with Gasteiger partial charge in [-0.3, -0.25) is 0 Å². The van der Waals surface area contributed by atoms with Crippen LogP contribution in [0.5, 0.6) is 17.2 Å². The molecule has 6 heteroatoms. The van der Waals surface area contributed by atoms with Crippen molar-refractivity contribution >= 4 is 0 Å². The molecule has 5 nitrogen and oxygen atoms in total. The number of halogens is 1. The number of hydrogen-bond donors (Lipinski definition) is 1. The molecule has 2 aliphatic rings. The molecule has 1 unspecified atom stereocenters. The van der Waals surface area contributed by atoms with Gasteiger partial charge in [-0.1, -0.05) is 0 Å². The molecule has 1 fully saturated rings. The molecule has 0 amide bonds. The molecule has 0 aromatic heterocycles. The minimum absolute atomic E-state index is 0. The van der Waals surface area contributed by atoms with E-state index in [0.29, 0.717) is 24.7 Å². The van der Waals surface area contributed by atoms with E-state index in [1.54, 1.807) is 6.07 Å². The molecular weight excluding hydrogens is 282 g/mol. The minimum Gasteiger partial charge on any atom is -1.00 e. The van der Waals surface area contributed by atoms with E-state index < -0.39 is 6.10 Å². The molecule has 0 saturated carbocycles. The van der Waals surface area contributed by atoms with Crippen LogP contribution in [0.2, 0.25) is 0 Å². The molecule has 0 bridgehead atoms. The van der Waals surface area contributed by atoms with Gasteiger partial charge in [-0.2, -0.15) is 0 Å². The van der Waals surface area contributed by atoms with E-state index in [0.717, 1.165) is 18.8 Å². The van der Waals surface area contributed by atoms with Gasteiger partial charge in [0.2, 0.25) is 6.79 Å². The van der Waals surface area contributed by atoms with Crippen LogP contribution in [0, 0.1) is 0 Å². The Hall–Kier alpha value is -1.17. The Morgan fingerprint density at radius 2 is 1.95 bits per heavy atom. The van der Waals surface area contributed by atoms with Gasteiger partial charge in [0.25, 0.3) is 0 Å². The van der Waals surface area contributed by atoms with Crippen molar-refractivity contribution in [3.63, 3.8) is 0 Å². The Morgan fingerprint density at radius 1 is 1.20 bits per heavy atom. The number of likely N-dealkylation sites (tertiary alicyclic amines) is 1. The second-order valence-corrected chi connectivity index (χ2v) is 4.99. The Morgan fingerprint density at radius 3 is 2.75 bits per heavy atom. The zero-order valence-corrected chi connectivity index (χ0v) is 12.0. The van der Waals surface area contributed by atoms with E-state index in [1.165, 1.54) is 12.8 Å². The molecule has 1 N–H and O–H groups in total. The number of rotatable bonds is 5. The molecule has 1 saturated heterocycles. The lowest BCUT2D eigenvalue weighted by Gasteiger charge is -2.19. The largest absolute Gasteiger partial charge is 1.00 e. The van der Waals surface area contributed by atoms with E-state index >= 15 is 0 Å². The first-order valence-electron chi connectivity index (χ1n) is 6.74. The van der Waals surface area contributed by atoms with Gasteiger partial charge in [0, 0.05) is 12.6 Å². The summed E-state index contributed by atoms with van der Waals surface area (Å²) in [6.07, 6.45) is 2.01. The van der Waals surface area contributed by atoms with E-state index in [4.69, 9.17) is 14.2 Å². The summed E-state index contributed by atoms with van der Waals surface area (Å²) in [5.74, 6) is 2.14. The van der Waals surface area contributed by atoms with Crippen molar-refractivity contribution in [3.8, 4) is 17.2 Å². The highest BCUT2D eigenvalue weighted by molar-refractivity contribution is 5.46. The van der Waals surface area contributed by atoms with Gasteiger partial charge in [-0.15, -0.1) is 0 Å². The molecule has 112 valence electrons. The Bertz CT molecular complexity index is 437. The molecule has 2 aliphatic heterocycles. The van der Waals surface area contributed by atoms with Crippen molar-refractivity contribution in [2.75, 3.05) is 33.0 Å². The average molecular weight is 301 g/mol. The standard InChI is InChI=1S/C14H19NO4.ClH/c16-11(8-15-5-1-2-6-15)9-17-12-3-4-13-14(7-12)19-10-18-13;/h3-4,7,11,16H,1-2,5-6,8-10H2;1H/p-1. The third-order valence-corrected chi connectivity index (χ3v) is 3.45. The normalized spacial score (nSPS) is 18.6. The van der Waals surface area contributed by atoms with Crippen LogP contribution in [0.4, 0.5) is 0 Å². The number of fused-ring (bicyclic) bond motifs is 1. The summed E-state index contributed by atoms with van der Waals surface area (Å²) in [6.45, 7) is 3.42. The number of aliphatic hydroxyl groups is 1. The summed E-state index contributed by atoms with van der Waals surface area (Å²) < 4.78 is 16.1. The zero-order chi connectivity index (χ0) is 13.1. The maximum Gasteiger partial charge on any atom is 0.231 e. The third kappa shape index (κ3) is 3.69. The van der Waals surface area contributed by atoms with Crippen LogP contribution in [-0.2, 0) is 0 Å². The predicted octanol–water partition coefficient (Wildman–Crippen LogP) is -1.75. The lowest BCUT2D eigenvalue weighted by Crippen LogP contribution is -3.00. The first-order chi connectivity index (χ1) is 9.31. The summed E-state index contributed by atoms with van der Waals surface area (Å²) in [6, 6.07) is 5.45. The van der Waals surface area contributed by atoms with Gasteiger partial charge in [0.15, 0.2) is 11.5 Å². The molecule has 0 radical (unpaired) electrons. The minimum atomic E-state index is -0.455. The van der Waals surface area contributed by atoms with Gasteiger partial charge in [-0.25, -0.2) is 0 Å². The Balaban J connectivity index is 0.00000147. The van der Waals surface area contributed by atoms with Gasteiger partial charge in [0.1, 0.15) is 18.5 Å². The third-order valence-electron chi connectivity index (χ3n) is 3.45. The quantitative estimate of drug-likeness (QED) is 0.699. The van der Waals surface area contributed by atoms with Gasteiger partial charge in [0.05, 0.1) is 0 Å². The van der Waals surface area contributed by atoms with Crippen molar-refractivity contribution in [2.45, 2.75) is 18.9 Å². The molecule has 1 aromatic carbocycles. The van der Waals surface area contributed by atoms with Crippen LogP contribution >= 0.6 is 0 Å². The maximum absolute atomic E-state index is 9.94. The smallest absolute Gasteiger partial charge is 0.231 e. The molecule has 3 rings (SSSR count). The second kappa shape index (κ2) is 7.02. The molecule has 0 spiro atoms. The van der Waals surface area contributed by atoms with Crippen LogP contribution < -0.4 is 26.6 Å². The number of hydrogen-bond acceptors (Lipinski definition) is 5. The lowest BCUT2D eigenvalue weighted by molar-refractivity contribution is -0.00000761. The highest BCUT2D eigenvalue weighted by Gasteiger charge is 2.17. The number of β-amino-alcohol motifs (C(OH)–C–C–N with tert-alkyl or cyclic N) is 1. The summed E-state index contributed by atoms with van der Waals surface area (Å²) in [7, 11) is 0. The molecule has 2 heterocycles. The Kier molecular flexibility index (Phi) is 5.34. The Labute approximate surface area is 124 Å². The SMILES string of the molecule is OC(COc1ccc2c(c1)OCO2)CN1CCCC1.[Cl-]. The summed E-state index contributed by atoms with van der Waals surface area (Å²) in [5, 5.41) is 9.94. The van der Waals surface area contributed by atoms with Gasteiger partial charge in [-0.05, 0) is 38.1 Å².